The van der Waals surface area contributed by atoms with E-state index in [0.717, 1.165) is 57.2 Å². The molecule has 0 saturated carbocycles. The Morgan fingerprint density at radius 1 is 1.26 bits per heavy atom. The third-order valence-electron chi connectivity index (χ3n) is 4.67. The number of rotatable bonds is 9. The molecular weight excluding hydrogens is 340 g/mol. The zero-order valence-electron chi connectivity index (χ0n) is 16.3. The lowest BCUT2D eigenvalue weighted by Gasteiger charge is -2.27. The molecule has 0 unspecified atom stereocenters. The van der Waals surface area contributed by atoms with Gasteiger partial charge in [0.05, 0.1) is 0 Å². The van der Waals surface area contributed by atoms with Crippen molar-refractivity contribution in [2.75, 3.05) is 62.6 Å². The highest BCUT2D eigenvalue weighted by Crippen LogP contribution is 2.17. The van der Waals surface area contributed by atoms with E-state index in [-0.39, 0.29) is 11.5 Å². The second-order valence-corrected chi connectivity index (χ2v) is 6.38. The van der Waals surface area contributed by atoms with Gasteiger partial charge in [-0.1, -0.05) is 0 Å². The molecule has 1 aromatic rings. The number of nitriles is 1. The maximum Gasteiger partial charge on any atom is 0.263 e. The first-order valence-electron chi connectivity index (χ1n) is 9.61. The van der Waals surface area contributed by atoms with Crippen LogP contribution in [0.1, 0.15) is 13.8 Å². The Labute approximate surface area is 162 Å². The molecule has 1 aromatic carbocycles. The van der Waals surface area contributed by atoms with Gasteiger partial charge in [-0.2, -0.15) is 5.26 Å². The van der Waals surface area contributed by atoms with Crippen LogP contribution in [0.15, 0.2) is 36.0 Å². The number of carbonyl (C=O) groups excluding carboxylic acids is 1. The summed E-state index contributed by atoms with van der Waals surface area (Å²) in [6, 6.07) is 9.92. The zero-order chi connectivity index (χ0) is 19.5. The molecule has 0 atom stereocenters. The third kappa shape index (κ3) is 6.59. The van der Waals surface area contributed by atoms with E-state index in [2.05, 4.69) is 39.6 Å². The van der Waals surface area contributed by atoms with Gasteiger partial charge in [0.2, 0.25) is 0 Å². The van der Waals surface area contributed by atoms with Crippen molar-refractivity contribution in [3.63, 3.8) is 0 Å². The van der Waals surface area contributed by atoms with E-state index in [4.69, 9.17) is 0 Å². The van der Waals surface area contributed by atoms with E-state index < -0.39 is 0 Å². The van der Waals surface area contributed by atoms with Gasteiger partial charge in [0, 0.05) is 69.9 Å². The van der Waals surface area contributed by atoms with Crippen LogP contribution in [0.3, 0.4) is 0 Å². The Morgan fingerprint density at radius 3 is 2.52 bits per heavy atom. The van der Waals surface area contributed by atoms with Crippen LogP contribution in [0, 0.1) is 11.3 Å². The molecule has 0 radical (unpaired) electrons. The van der Waals surface area contributed by atoms with Gasteiger partial charge < -0.3 is 20.9 Å². The van der Waals surface area contributed by atoms with Crippen molar-refractivity contribution in [2.24, 2.45) is 0 Å². The predicted octanol–water partition coefficient (Wildman–Crippen LogP) is 1.37. The normalized spacial score (nSPS) is 15.1. The summed E-state index contributed by atoms with van der Waals surface area (Å²) < 4.78 is 0. The Morgan fingerprint density at radius 2 is 1.93 bits per heavy atom. The first-order chi connectivity index (χ1) is 13.2. The summed E-state index contributed by atoms with van der Waals surface area (Å²) in [5.74, 6) is -0.347. The molecule has 0 aliphatic carbocycles. The largest absolute Gasteiger partial charge is 0.372 e. The van der Waals surface area contributed by atoms with E-state index in [1.54, 1.807) is 0 Å². The molecule has 7 heteroatoms. The molecule has 1 aliphatic rings. The lowest BCUT2D eigenvalue weighted by atomic mass is 10.2. The topological polar surface area (TPSA) is 83.4 Å². The van der Waals surface area contributed by atoms with Gasteiger partial charge in [0.25, 0.3) is 5.91 Å². The zero-order valence-corrected chi connectivity index (χ0v) is 16.3. The van der Waals surface area contributed by atoms with Gasteiger partial charge in [-0.3, -0.25) is 9.69 Å². The highest BCUT2D eigenvalue weighted by Gasteiger charge is 2.11. The number of amides is 1. The number of hydrogen-bond acceptors (Lipinski definition) is 6. The predicted molar refractivity (Wildman–Crippen MR) is 110 cm³/mol. The van der Waals surface area contributed by atoms with Gasteiger partial charge >= 0.3 is 0 Å². The third-order valence-corrected chi connectivity index (χ3v) is 4.67. The fourth-order valence-corrected chi connectivity index (χ4v) is 3.02. The molecule has 0 aromatic heterocycles. The first-order valence-corrected chi connectivity index (χ1v) is 9.61. The van der Waals surface area contributed by atoms with Crippen molar-refractivity contribution in [1.82, 2.24) is 15.5 Å². The molecule has 1 saturated heterocycles. The van der Waals surface area contributed by atoms with Gasteiger partial charge in [0.15, 0.2) is 0 Å². The maximum atomic E-state index is 12.2. The van der Waals surface area contributed by atoms with Crippen LogP contribution in [0.25, 0.3) is 0 Å². The minimum Gasteiger partial charge on any atom is -0.372 e. The number of carbonyl (C=O) groups is 1. The van der Waals surface area contributed by atoms with Crippen molar-refractivity contribution >= 4 is 17.3 Å². The summed E-state index contributed by atoms with van der Waals surface area (Å²) in [5.41, 5.74) is 2.07. The molecule has 1 heterocycles. The van der Waals surface area contributed by atoms with E-state index in [1.807, 2.05) is 30.3 Å². The van der Waals surface area contributed by atoms with Crippen LogP contribution in [-0.2, 0) is 4.79 Å². The molecular formula is C20H30N6O. The fraction of sp³-hybridized carbons (Fsp3) is 0.500. The van der Waals surface area contributed by atoms with Crippen LogP contribution >= 0.6 is 0 Å². The Bertz CT molecular complexity index is 654. The monoisotopic (exact) mass is 370 g/mol. The smallest absolute Gasteiger partial charge is 0.263 e. The average molecular weight is 371 g/mol. The summed E-state index contributed by atoms with van der Waals surface area (Å²) in [6.07, 6.45) is 1.46. The average Bonchev–Trinajstić information content (AvgIpc) is 2.71. The van der Waals surface area contributed by atoms with E-state index in [9.17, 15) is 10.1 Å². The number of benzene rings is 1. The van der Waals surface area contributed by atoms with Crippen molar-refractivity contribution < 1.29 is 4.79 Å². The summed E-state index contributed by atoms with van der Waals surface area (Å²) >= 11 is 0. The van der Waals surface area contributed by atoms with Crippen LogP contribution in [-0.4, -0.2) is 63.2 Å². The minimum absolute atomic E-state index is 0.0723. The molecule has 146 valence electrons. The SMILES string of the molecule is CCN(CC)c1ccc(N/C=C(/C#N)C(=O)NCCN2CCNCC2)cc1. The standard InChI is InChI=1S/C20H30N6O/c1-3-26(4-2)19-7-5-18(6-8-19)24-16-17(15-21)20(27)23-11-14-25-12-9-22-10-13-25/h5-8,16,22,24H,3-4,9-14H2,1-2H3,(H,23,27)/b17-16-. The van der Waals surface area contributed by atoms with Crippen molar-refractivity contribution in [1.29, 1.82) is 5.26 Å². The lowest BCUT2D eigenvalue weighted by molar-refractivity contribution is -0.117. The summed E-state index contributed by atoms with van der Waals surface area (Å²) in [7, 11) is 0. The molecule has 1 fully saturated rings. The lowest BCUT2D eigenvalue weighted by Crippen LogP contribution is -2.46. The van der Waals surface area contributed by atoms with E-state index in [0.29, 0.717) is 6.54 Å². The second-order valence-electron chi connectivity index (χ2n) is 6.38. The Balaban J connectivity index is 1.83. The van der Waals surface area contributed by atoms with Crippen LogP contribution in [0.2, 0.25) is 0 Å². The molecule has 1 amide bonds. The molecule has 1 aliphatic heterocycles. The highest BCUT2D eigenvalue weighted by molar-refractivity contribution is 5.97. The van der Waals surface area contributed by atoms with E-state index in [1.165, 1.54) is 6.20 Å². The van der Waals surface area contributed by atoms with Gasteiger partial charge in [-0.15, -0.1) is 0 Å². The second kappa shape index (κ2) is 11.2. The van der Waals surface area contributed by atoms with Gasteiger partial charge in [0.1, 0.15) is 11.6 Å². The number of nitrogens with one attached hydrogen (secondary N) is 3. The van der Waals surface area contributed by atoms with Crippen molar-refractivity contribution in [3.05, 3.63) is 36.0 Å². The fourth-order valence-electron chi connectivity index (χ4n) is 3.02. The number of hydrogen-bond donors (Lipinski definition) is 3. The molecule has 27 heavy (non-hydrogen) atoms. The van der Waals surface area contributed by atoms with Crippen molar-refractivity contribution in [3.8, 4) is 6.07 Å². The molecule has 2 rings (SSSR count). The number of piperazine rings is 1. The first kappa shape index (κ1) is 20.7. The van der Waals surface area contributed by atoms with Crippen molar-refractivity contribution in [2.45, 2.75) is 13.8 Å². The number of anilines is 2. The number of nitrogens with zero attached hydrogens (tertiary/aromatic N) is 3. The van der Waals surface area contributed by atoms with Crippen LogP contribution in [0.4, 0.5) is 11.4 Å². The molecule has 0 spiro atoms. The van der Waals surface area contributed by atoms with Gasteiger partial charge in [-0.25, -0.2) is 0 Å². The highest BCUT2D eigenvalue weighted by atomic mass is 16.1. The molecule has 3 N–H and O–H groups in total. The van der Waals surface area contributed by atoms with Crippen LogP contribution in [0.5, 0.6) is 0 Å². The Hall–Kier alpha value is -2.56. The Kier molecular flexibility index (Phi) is 8.62. The van der Waals surface area contributed by atoms with E-state index >= 15 is 0 Å². The quantitative estimate of drug-likeness (QED) is 0.450. The van der Waals surface area contributed by atoms with Crippen LogP contribution < -0.4 is 20.9 Å². The van der Waals surface area contributed by atoms with Gasteiger partial charge in [-0.05, 0) is 38.1 Å². The maximum absolute atomic E-state index is 12.2. The summed E-state index contributed by atoms with van der Waals surface area (Å²) in [5, 5.41) is 18.4. The summed E-state index contributed by atoms with van der Waals surface area (Å²) in [6.45, 7) is 11.4. The molecule has 0 bridgehead atoms. The summed E-state index contributed by atoms with van der Waals surface area (Å²) in [4.78, 5) is 16.7. The minimum atomic E-state index is -0.347. The molecule has 7 nitrogen and oxygen atoms in total.